The lowest BCUT2D eigenvalue weighted by atomic mass is 10.1. The summed E-state index contributed by atoms with van der Waals surface area (Å²) in [6.07, 6.45) is 1.15. The molecule has 0 spiro atoms. The standard InChI is InChI=1S/C21H22ClN3O2S/c1-24(12-15-4-2-3-14(9-15)10-20(26)27)17-7-8-25(13-17)21-23-18-6-5-16(22)11-19(18)28-21/h2-6,9,11,17H,7-8,10,12-13H2,1H3,(H,26,27). The summed E-state index contributed by atoms with van der Waals surface area (Å²) in [5, 5.41) is 10.8. The van der Waals surface area contributed by atoms with Crippen LogP contribution in [0.15, 0.2) is 42.5 Å². The number of aliphatic carboxylic acids is 1. The summed E-state index contributed by atoms with van der Waals surface area (Å²) < 4.78 is 1.12. The molecule has 1 N–H and O–H groups in total. The molecule has 0 amide bonds. The highest BCUT2D eigenvalue weighted by molar-refractivity contribution is 7.22. The first-order valence-electron chi connectivity index (χ1n) is 9.29. The molecule has 0 bridgehead atoms. The number of rotatable bonds is 6. The monoisotopic (exact) mass is 415 g/mol. The van der Waals surface area contributed by atoms with Crippen molar-refractivity contribution in [3.05, 3.63) is 58.6 Å². The number of nitrogens with zero attached hydrogens (tertiary/aromatic N) is 3. The molecule has 1 unspecified atom stereocenters. The minimum Gasteiger partial charge on any atom is -0.481 e. The highest BCUT2D eigenvalue weighted by Gasteiger charge is 2.27. The second-order valence-electron chi connectivity index (χ2n) is 7.30. The highest BCUT2D eigenvalue weighted by atomic mass is 35.5. The molecule has 2 aromatic carbocycles. The Balaban J connectivity index is 1.41. The molecule has 1 aromatic heterocycles. The summed E-state index contributed by atoms with van der Waals surface area (Å²) in [5.41, 5.74) is 2.99. The fourth-order valence-corrected chi connectivity index (χ4v) is 5.00. The van der Waals surface area contributed by atoms with Gasteiger partial charge in [-0.15, -0.1) is 0 Å². The number of aromatic nitrogens is 1. The number of carboxylic acids is 1. The number of halogens is 1. The Labute approximate surface area is 173 Å². The van der Waals surface area contributed by atoms with Gasteiger partial charge in [0.25, 0.3) is 0 Å². The van der Waals surface area contributed by atoms with Crippen molar-refractivity contribution in [1.29, 1.82) is 0 Å². The molecule has 0 aliphatic carbocycles. The molecular weight excluding hydrogens is 394 g/mol. The van der Waals surface area contributed by atoms with Crippen LogP contribution in [0.3, 0.4) is 0 Å². The number of hydrogen-bond acceptors (Lipinski definition) is 5. The Morgan fingerprint density at radius 2 is 2.14 bits per heavy atom. The summed E-state index contributed by atoms with van der Waals surface area (Å²) in [5.74, 6) is -0.797. The van der Waals surface area contributed by atoms with Crippen LogP contribution in [0.1, 0.15) is 17.5 Å². The molecule has 1 saturated heterocycles. The minimum absolute atomic E-state index is 0.0659. The lowest BCUT2D eigenvalue weighted by Gasteiger charge is -2.24. The molecule has 2 heterocycles. The van der Waals surface area contributed by atoms with Crippen molar-refractivity contribution in [3.63, 3.8) is 0 Å². The number of thiazole rings is 1. The van der Waals surface area contributed by atoms with E-state index in [2.05, 4.69) is 22.9 Å². The van der Waals surface area contributed by atoms with E-state index < -0.39 is 5.97 Å². The van der Waals surface area contributed by atoms with E-state index in [1.165, 1.54) is 0 Å². The second kappa shape index (κ2) is 8.07. The van der Waals surface area contributed by atoms with Crippen LogP contribution in [-0.4, -0.2) is 47.1 Å². The predicted molar refractivity (Wildman–Crippen MR) is 114 cm³/mol. The number of benzene rings is 2. The van der Waals surface area contributed by atoms with Crippen LogP contribution in [0.2, 0.25) is 5.02 Å². The van der Waals surface area contributed by atoms with Gasteiger partial charge in [0.1, 0.15) is 0 Å². The van der Waals surface area contributed by atoms with Crippen molar-refractivity contribution >= 4 is 44.3 Å². The average Bonchev–Trinajstić information content (AvgIpc) is 3.28. The number of carbonyl (C=O) groups is 1. The first-order valence-corrected chi connectivity index (χ1v) is 10.5. The molecular formula is C21H22ClN3O2S. The van der Waals surface area contributed by atoms with Gasteiger partial charge in [-0.2, -0.15) is 0 Å². The Bertz CT molecular complexity index is 1010. The van der Waals surface area contributed by atoms with Crippen molar-refractivity contribution in [2.45, 2.75) is 25.4 Å². The first kappa shape index (κ1) is 19.2. The lowest BCUT2D eigenvalue weighted by Crippen LogP contribution is -2.34. The van der Waals surface area contributed by atoms with E-state index in [4.69, 9.17) is 21.7 Å². The molecule has 1 atom stereocenters. The van der Waals surface area contributed by atoms with E-state index in [0.29, 0.717) is 6.04 Å². The van der Waals surface area contributed by atoms with Gasteiger partial charge in [-0.1, -0.05) is 47.2 Å². The van der Waals surface area contributed by atoms with E-state index in [1.54, 1.807) is 11.3 Å². The zero-order chi connectivity index (χ0) is 19.7. The van der Waals surface area contributed by atoms with Crippen LogP contribution in [0.5, 0.6) is 0 Å². The third kappa shape index (κ3) is 4.29. The summed E-state index contributed by atoms with van der Waals surface area (Å²) >= 11 is 7.78. The maximum absolute atomic E-state index is 10.9. The van der Waals surface area contributed by atoms with Gasteiger partial charge in [-0.3, -0.25) is 9.69 Å². The van der Waals surface area contributed by atoms with E-state index in [0.717, 1.165) is 57.6 Å². The fraction of sp³-hybridized carbons (Fsp3) is 0.333. The van der Waals surface area contributed by atoms with Gasteiger partial charge in [0.05, 0.1) is 16.6 Å². The number of likely N-dealkylation sites (N-methyl/N-ethyl adjacent to an activating group) is 1. The Hall–Kier alpha value is -2.15. The van der Waals surface area contributed by atoms with E-state index in [-0.39, 0.29) is 6.42 Å². The van der Waals surface area contributed by atoms with E-state index >= 15 is 0 Å². The summed E-state index contributed by atoms with van der Waals surface area (Å²) in [6.45, 7) is 2.74. The van der Waals surface area contributed by atoms with Crippen LogP contribution in [-0.2, 0) is 17.8 Å². The second-order valence-corrected chi connectivity index (χ2v) is 8.75. The highest BCUT2D eigenvalue weighted by Crippen LogP contribution is 2.33. The summed E-state index contributed by atoms with van der Waals surface area (Å²) in [7, 11) is 2.14. The molecule has 1 aliphatic heterocycles. The van der Waals surface area contributed by atoms with E-state index in [1.807, 2.05) is 36.4 Å². The van der Waals surface area contributed by atoms with Crippen LogP contribution < -0.4 is 4.90 Å². The molecule has 1 fully saturated rings. The van der Waals surface area contributed by atoms with Gasteiger partial charge in [0, 0.05) is 30.7 Å². The van der Waals surface area contributed by atoms with Crippen molar-refractivity contribution in [3.8, 4) is 0 Å². The maximum Gasteiger partial charge on any atom is 0.307 e. The molecule has 146 valence electrons. The van der Waals surface area contributed by atoms with Gasteiger partial charge in [-0.25, -0.2) is 4.98 Å². The van der Waals surface area contributed by atoms with Gasteiger partial charge in [0.2, 0.25) is 0 Å². The van der Waals surface area contributed by atoms with Crippen molar-refractivity contribution in [1.82, 2.24) is 9.88 Å². The predicted octanol–water partition coefficient (Wildman–Crippen LogP) is 4.29. The average molecular weight is 416 g/mol. The third-order valence-corrected chi connectivity index (χ3v) is 6.49. The van der Waals surface area contributed by atoms with Crippen molar-refractivity contribution in [2.75, 3.05) is 25.0 Å². The molecule has 1 aliphatic rings. The van der Waals surface area contributed by atoms with Crippen LogP contribution in [0, 0.1) is 0 Å². The molecule has 0 saturated carbocycles. The SMILES string of the molecule is CN(Cc1cccc(CC(=O)O)c1)C1CCN(c2nc3ccc(Cl)cc3s2)C1. The van der Waals surface area contributed by atoms with Gasteiger partial charge in [0.15, 0.2) is 5.13 Å². The molecule has 7 heteroatoms. The molecule has 4 rings (SSSR count). The quantitative estimate of drug-likeness (QED) is 0.650. The molecule has 28 heavy (non-hydrogen) atoms. The number of hydrogen-bond donors (Lipinski definition) is 1. The van der Waals surface area contributed by atoms with Gasteiger partial charge in [-0.05, 0) is 42.8 Å². The van der Waals surface area contributed by atoms with Gasteiger partial charge < -0.3 is 10.0 Å². The summed E-state index contributed by atoms with van der Waals surface area (Å²) in [6, 6.07) is 14.1. The topological polar surface area (TPSA) is 56.7 Å². The lowest BCUT2D eigenvalue weighted by molar-refractivity contribution is -0.136. The van der Waals surface area contributed by atoms with Crippen LogP contribution in [0.25, 0.3) is 10.2 Å². The van der Waals surface area contributed by atoms with Crippen molar-refractivity contribution in [2.24, 2.45) is 0 Å². The Morgan fingerprint density at radius 1 is 1.32 bits per heavy atom. The zero-order valence-electron chi connectivity index (χ0n) is 15.6. The Morgan fingerprint density at radius 3 is 2.96 bits per heavy atom. The maximum atomic E-state index is 10.9. The van der Waals surface area contributed by atoms with Crippen molar-refractivity contribution < 1.29 is 9.90 Å². The largest absolute Gasteiger partial charge is 0.481 e. The molecule has 3 aromatic rings. The Kier molecular flexibility index (Phi) is 5.53. The number of fused-ring (bicyclic) bond motifs is 1. The first-order chi connectivity index (χ1) is 13.5. The fourth-order valence-electron chi connectivity index (χ4n) is 3.73. The third-order valence-electron chi connectivity index (χ3n) is 5.18. The normalized spacial score (nSPS) is 17.0. The van der Waals surface area contributed by atoms with Crippen LogP contribution in [0.4, 0.5) is 5.13 Å². The molecule has 0 radical (unpaired) electrons. The van der Waals surface area contributed by atoms with E-state index in [9.17, 15) is 4.79 Å². The number of carboxylic acid groups (broad SMARTS) is 1. The summed E-state index contributed by atoms with van der Waals surface area (Å²) in [4.78, 5) is 20.4. The zero-order valence-corrected chi connectivity index (χ0v) is 17.2. The minimum atomic E-state index is -0.797. The molecule has 5 nitrogen and oxygen atoms in total. The van der Waals surface area contributed by atoms with Gasteiger partial charge >= 0.3 is 5.97 Å². The smallest absolute Gasteiger partial charge is 0.307 e. The number of anilines is 1. The van der Waals surface area contributed by atoms with Crippen LogP contribution >= 0.6 is 22.9 Å².